The number of carbonyl (C=O) groups excluding carboxylic acids is 1. The third kappa shape index (κ3) is 4.70. The van der Waals surface area contributed by atoms with E-state index in [9.17, 15) is 4.79 Å². The summed E-state index contributed by atoms with van der Waals surface area (Å²) in [7, 11) is 0. The maximum absolute atomic E-state index is 12.0. The van der Waals surface area contributed by atoms with Crippen LogP contribution in [0.4, 0.5) is 0 Å². The minimum Gasteiger partial charge on any atom is -0.466 e. The molecule has 0 amide bonds. The number of nitrogens with two attached hydrogens (primary N) is 1. The van der Waals surface area contributed by atoms with Crippen LogP contribution in [0, 0.1) is 5.41 Å². The summed E-state index contributed by atoms with van der Waals surface area (Å²) in [5.41, 5.74) is 6.37. The standard InChI is InChI=1S/C16H24ClNO2S/c1-2-20-15(19)11-16(8-4-3-5-9-16)10-12(18)13-6-7-14(17)21-13/h6-7,12H,2-5,8-11,18H2,1H3. The highest BCUT2D eigenvalue weighted by molar-refractivity contribution is 7.16. The predicted molar refractivity (Wildman–Crippen MR) is 87.6 cm³/mol. The first-order valence-electron chi connectivity index (χ1n) is 7.71. The normalized spacial score (nSPS) is 19.2. The average molecular weight is 330 g/mol. The highest BCUT2D eigenvalue weighted by atomic mass is 35.5. The molecule has 0 bridgehead atoms. The van der Waals surface area contributed by atoms with Gasteiger partial charge in [-0.1, -0.05) is 30.9 Å². The number of hydrogen-bond donors (Lipinski definition) is 1. The Bertz CT molecular complexity index is 469. The van der Waals surface area contributed by atoms with Crippen molar-refractivity contribution in [2.45, 2.75) is 57.9 Å². The van der Waals surface area contributed by atoms with E-state index in [1.54, 1.807) is 0 Å². The first kappa shape index (κ1) is 16.8. The summed E-state index contributed by atoms with van der Waals surface area (Å²) in [6, 6.07) is 3.84. The van der Waals surface area contributed by atoms with E-state index >= 15 is 0 Å². The Labute approximate surface area is 135 Å². The van der Waals surface area contributed by atoms with Crippen LogP contribution in [0.3, 0.4) is 0 Å². The van der Waals surface area contributed by atoms with Crippen LogP contribution >= 0.6 is 22.9 Å². The van der Waals surface area contributed by atoms with Crippen molar-refractivity contribution < 1.29 is 9.53 Å². The highest BCUT2D eigenvalue weighted by Gasteiger charge is 2.36. The van der Waals surface area contributed by atoms with E-state index in [2.05, 4.69) is 0 Å². The number of carbonyl (C=O) groups is 1. The van der Waals surface area contributed by atoms with Crippen LogP contribution in [0.1, 0.15) is 62.8 Å². The molecule has 0 aliphatic heterocycles. The summed E-state index contributed by atoms with van der Waals surface area (Å²) in [5.74, 6) is -0.0872. The van der Waals surface area contributed by atoms with Crippen molar-refractivity contribution in [3.05, 3.63) is 21.3 Å². The summed E-state index contributed by atoms with van der Waals surface area (Å²) in [5, 5.41) is 0. The number of rotatable bonds is 6. The van der Waals surface area contributed by atoms with Gasteiger partial charge in [0.25, 0.3) is 0 Å². The van der Waals surface area contributed by atoms with Crippen molar-refractivity contribution in [3.8, 4) is 0 Å². The molecule has 21 heavy (non-hydrogen) atoms. The van der Waals surface area contributed by atoms with Crippen molar-refractivity contribution in [1.29, 1.82) is 0 Å². The maximum Gasteiger partial charge on any atom is 0.306 e. The third-order valence-electron chi connectivity index (χ3n) is 4.35. The van der Waals surface area contributed by atoms with Gasteiger partial charge in [0.15, 0.2) is 0 Å². The number of ether oxygens (including phenoxy) is 1. The molecule has 0 spiro atoms. The van der Waals surface area contributed by atoms with E-state index in [4.69, 9.17) is 22.1 Å². The minimum atomic E-state index is -0.0872. The molecule has 1 saturated carbocycles. The van der Waals surface area contributed by atoms with Crippen LogP contribution < -0.4 is 5.73 Å². The van der Waals surface area contributed by atoms with Crippen molar-refractivity contribution in [2.24, 2.45) is 11.1 Å². The van der Waals surface area contributed by atoms with Gasteiger partial charge >= 0.3 is 5.97 Å². The van der Waals surface area contributed by atoms with E-state index in [-0.39, 0.29) is 17.4 Å². The molecule has 0 saturated heterocycles. The number of thiophene rings is 1. The fraction of sp³-hybridized carbons (Fsp3) is 0.688. The summed E-state index contributed by atoms with van der Waals surface area (Å²) >= 11 is 7.53. The molecule has 1 unspecified atom stereocenters. The molecule has 5 heteroatoms. The molecule has 2 rings (SSSR count). The third-order valence-corrected chi connectivity index (χ3v) is 5.71. The Morgan fingerprint density at radius 2 is 2.14 bits per heavy atom. The van der Waals surface area contributed by atoms with E-state index < -0.39 is 0 Å². The summed E-state index contributed by atoms with van der Waals surface area (Å²) < 4.78 is 5.93. The molecule has 0 aromatic carbocycles. The van der Waals surface area contributed by atoms with Crippen LogP contribution in [0.15, 0.2) is 12.1 Å². The van der Waals surface area contributed by atoms with Crippen molar-refractivity contribution in [2.75, 3.05) is 6.61 Å². The molecule has 1 aliphatic carbocycles. The van der Waals surface area contributed by atoms with Gasteiger partial charge in [0, 0.05) is 10.9 Å². The summed E-state index contributed by atoms with van der Waals surface area (Å²) in [6.07, 6.45) is 7.08. The fourth-order valence-electron chi connectivity index (χ4n) is 3.37. The Morgan fingerprint density at radius 3 is 2.71 bits per heavy atom. The summed E-state index contributed by atoms with van der Waals surface area (Å²) in [6.45, 7) is 2.30. The lowest BCUT2D eigenvalue weighted by Gasteiger charge is -2.38. The van der Waals surface area contributed by atoms with Gasteiger partial charge in [0.05, 0.1) is 17.4 Å². The maximum atomic E-state index is 12.0. The minimum absolute atomic E-state index is 0.000383. The van der Waals surface area contributed by atoms with Crippen LogP contribution in [-0.2, 0) is 9.53 Å². The van der Waals surface area contributed by atoms with Gasteiger partial charge in [-0.15, -0.1) is 11.3 Å². The second-order valence-electron chi connectivity index (χ2n) is 5.99. The Kier molecular flexibility index (Phi) is 6.08. The largest absolute Gasteiger partial charge is 0.466 e. The van der Waals surface area contributed by atoms with Gasteiger partial charge in [-0.25, -0.2) is 0 Å². The van der Waals surface area contributed by atoms with Gasteiger partial charge in [-0.2, -0.15) is 0 Å². The molecule has 118 valence electrons. The number of hydrogen-bond acceptors (Lipinski definition) is 4. The highest BCUT2D eigenvalue weighted by Crippen LogP contribution is 2.46. The second kappa shape index (κ2) is 7.61. The Balaban J connectivity index is 2.06. The van der Waals surface area contributed by atoms with Crippen molar-refractivity contribution in [1.82, 2.24) is 0 Å². The van der Waals surface area contributed by atoms with E-state index in [0.717, 1.165) is 28.5 Å². The quantitative estimate of drug-likeness (QED) is 0.770. The Hall–Kier alpha value is -0.580. The van der Waals surface area contributed by atoms with E-state index in [1.165, 1.54) is 30.6 Å². The van der Waals surface area contributed by atoms with Crippen LogP contribution in [0.5, 0.6) is 0 Å². The van der Waals surface area contributed by atoms with Gasteiger partial charge in [0.1, 0.15) is 0 Å². The first-order chi connectivity index (χ1) is 10.0. The van der Waals surface area contributed by atoms with Gasteiger partial charge in [-0.05, 0) is 43.7 Å². The van der Waals surface area contributed by atoms with Gasteiger partial charge < -0.3 is 10.5 Å². The van der Waals surface area contributed by atoms with Crippen molar-refractivity contribution in [3.63, 3.8) is 0 Å². The molecule has 0 radical (unpaired) electrons. The zero-order valence-electron chi connectivity index (χ0n) is 12.6. The summed E-state index contributed by atoms with van der Waals surface area (Å²) in [4.78, 5) is 13.1. The average Bonchev–Trinajstić information content (AvgIpc) is 2.86. The molecular weight excluding hydrogens is 306 g/mol. The topological polar surface area (TPSA) is 52.3 Å². The van der Waals surface area contributed by atoms with Crippen LogP contribution in [0.25, 0.3) is 0 Å². The molecular formula is C16H24ClNO2S. The van der Waals surface area contributed by atoms with Crippen LogP contribution in [-0.4, -0.2) is 12.6 Å². The zero-order chi connectivity index (χ0) is 15.3. The van der Waals surface area contributed by atoms with Crippen molar-refractivity contribution >= 4 is 28.9 Å². The molecule has 1 aromatic heterocycles. The zero-order valence-corrected chi connectivity index (χ0v) is 14.1. The number of esters is 1. The fourth-order valence-corrected chi connectivity index (χ4v) is 4.43. The van der Waals surface area contributed by atoms with E-state index in [1.807, 2.05) is 19.1 Å². The lowest BCUT2D eigenvalue weighted by Crippen LogP contribution is -2.32. The van der Waals surface area contributed by atoms with Gasteiger partial charge in [0.2, 0.25) is 0 Å². The molecule has 1 fully saturated rings. The lowest BCUT2D eigenvalue weighted by molar-refractivity contribution is -0.146. The molecule has 1 heterocycles. The monoisotopic (exact) mass is 329 g/mol. The SMILES string of the molecule is CCOC(=O)CC1(CC(N)c2ccc(Cl)s2)CCCCC1. The molecule has 2 N–H and O–H groups in total. The first-order valence-corrected chi connectivity index (χ1v) is 8.90. The molecule has 3 nitrogen and oxygen atoms in total. The van der Waals surface area contributed by atoms with E-state index in [0.29, 0.717) is 13.0 Å². The van der Waals surface area contributed by atoms with Crippen LogP contribution in [0.2, 0.25) is 4.34 Å². The molecule has 1 aromatic rings. The predicted octanol–water partition coefficient (Wildman–Crippen LogP) is 4.70. The smallest absolute Gasteiger partial charge is 0.306 e. The number of halogens is 1. The molecule has 1 atom stereocenters. The molecule has 1 aliphatic rings. The Morgan fingerprint density at radius 1 is 1.43 bits per heavy atom. The lowest BCUT2D eigenvalue weighted by atomic mass is 9.68. The van der Waals surface area contributed by atoms with Gasteiger partial charge in [-0.3, -0.25) is 4.79 Å². The second-order valence-corrected chi connectivity index (χ2v) is 7.74.